The van der Waals surface area contributed by atoms with E-state index >= 15 is 0 Å². The van der Waals surface area contributed by atoms with Crippen LogP contribution in [-0.2, 0) is 0 Å². The summed E-state index contributed by atoms with van der Waals surface area (Å²) in [4.78, 5) is 17.2. The van der Waals surface area contributed by atoms with Crippen molar-refractivity contribution in [3.05, 3.63) is 35.4 Å². The zero-order chi connectivity index (χ0) is 16.4. The van der Waals surface area contributed by atoms with Crippen LogP contribution in [0, 0.1) is 5.92 Å². The molecule has 4 nitrogen and oxygen atoms in total. The van der Waals surface area contributed by atoms with E-state index in [4.69, 9.17) is 0 Å². The molecule has 0 aromatic heterocycles. The highest BCUT2D eigenvalue weighted by molar-refractivity contribution is 5.94. The van der Waals surface area contributed by atoms with Gasteiger partial charge in [-0.2, -0.15) is 0 Å². The van der Waals surface area contributed by atoms with Crippen LogP contribution in [0.5, 0.6) is 0 Å². The van der Waals surface area contributed by atoms with Gasteiger partial charge >= 0.3 is 0 Å². The average molecular weight is 316 g/mol. The smallest absolute Gasteiger partial charge is 0.253 e. The molecule has 0 radical (unpaired) electrons. The van der Waals surface area contributed by atoms with Crippen LogP contribution < -0.4 is 0 Å². The number of rotatable bonds is 4. The lowest BCUT2D eigenvalue weighted by Crippen LogP contribution is -2.35. The predicted octanol–water partition coefficient (Wildman–Crippen LogP) is 2.69. The van der Waals surface area contributed by atoms with E-state index in [1.807, 2.05) is 43.0 Å². The van der Waals surface area contributed by atoms with Gasteiger partial charge in [-0.1, -0.05) is 26.0 Å². The summed E-state index contributed by atoms with van der Waals surface area (Å²) in [5, 5.41) is 10.1. The zero-order valence-electron chi connectivity index (χ0n) is 14.2. The van der Waals surface area contributed by atoms with Crippen molar-refractivity contribution in [1.82, 2.24) is 9.80 Å². The highest BCUT2D eigenvalue weighted by Crippen LogP contribution is 2.27. The first-order valence-electron chi connectivity index (χ1n) is 8.87. The number of hydrogen-bond donors (Lipinski definition) is 1. The van der Waals surface area contributed by atoms with Crippen LogP contribution in [0.3, 0.4) is 0 Å². The van der Waals surface area contributed by atoms with E-state index in [2.05, 4.69) is 4.90 Å². The van der Waals surface area contributed by atoms with Crippen molar-refractivity contribution in [3.63, 3.8) is 0 Å². The maximum absolute atomic E-state index is 12.7. The number of aliphatic hydroxyl groups is 1. The van der Waals surface area contributed by atoms with Gasteiger partial charge in [-0.25, -0.2) is 0 Å². The van der Waals surface area contributed by atoms with E-state index in [0.717, 1.165) is 49.8 Å². The summed E-state index contributed by atoms with van der Waals surface area (Å²) in [6.07, 6.45) is 3.25. The summed E-state index contributed by atoms with van der Waals surface area (Å²) in [5.74, 6) is 0.295. The van der Waals surface area contributed by atoms with Crippen LogP contribution in [0.25, 0.3) is 0 Å². The van der Waals surface area contributed by atoms with Crippen LogP contribution in [0.2, 0.25) is 0 Å². The molecule has 1 atom stereocenters. The Kier molecular flexibility index (Phi) is 5.02. The highest BCUT2D eigenvalue weighted by Gasteiger charge is 2.30. The molecule has 126 valence electrons. The second-order valence-electron chi connectivity index (χ2n) is 7.22. The summed E-state index contributed by atoms with van der Waals surface area (Å²) < 4.78 is 0. The molecule has 23 heavy (non-hydrogen) atoms. The molecule has 1 amide bonds. The minimum atomic E-state index is -0.468. The third-order valence-electron chi connectivity index (χ3n) is 5.01. The molecule has 1 aromatic carbocycles. The Morgan fingerprint density at radius 1 is 1.09 bits per heavy atom. The highest BCUT2D eigenvalue weighted by atomic mass is 16.3. The van der Waals surface area contributed by atoms with E-state index in [1.54, 1.807) is 0 Å². The summed E-state index contributed by atoms with van der Waals surface area (Å²) in [6, 6.07) is 8.25. The Hall–Kier alpha value is -1.39. The van der Waals surface area contributed by atoms with Crippen LogP contribution in [0.15, 0.2) is 24.3 Å². The molecule has 1 heterocycles. The number of benzene rings is 1. The van der Waals surface area contributed by atoms with Crippen molar-refractivity contribution in [2.24, 2.45) is 5.92 Å². The quantitative estimate of drug-likeness (QED) is 0.929. The van der Waals surface area contributed by atoms with Gasteiger partial charge in [-0.15, -0.1) is 0 Å². The van der Waals surface area contributed by atoms with E-state index in [1.165, 1.54) is 12.8 Å². The number of hydrogen-bond acceptors (Lipinski definition) is 3. The molecule has 0 spiro atoms. The Bertz CT molecular complexity index is 537. The molecule has 1 saturated heterocycles. The summed E-state index contributed by atoms with van der Waals surface area (Å²) in [7, 11) is 0. The number of nitrogens with zero attached hydrogens (tertiary/aromatic N) is 2. The van der Waals surface area contributed by atoms with Gasteiger partial charge in [-0.05, 0) is 42.9 Å². The average Bonchev–Trinajstić information content (AvgIpc) is 3.39. The fourth-order valence-corrected chi connectivity index (χ4v) is 3.34. The maximum Gasteiger partial charge on any atom is 0.253 e. The molecule has 0 bridgehead atoms. The third kappa shape index (κ3) is 3.93. The van der Waals surface area contributed by atoms with Gasteiger partial charge in [-0.3, -0.25) is 9.69 Å². The van der Waals surface area contributed by atoms with Gasteiger partial charge in [0.25, 0.3) is 5.91 Å². The molecular weight excluding hydrogens is 288 g/mol. The molecule has 2 fully saturated rings. The van der Waals surface area contributed by atoms with Gasteiger partial charge in [0, 0.05) is 37.8 Å². The van der Waals surface area contributed by atoms with Crippen LogP contribution >= 0.6 is 0 Å². The molecule has 1 aliphatic carbocycles. The van der Waals surface area contributed by atoms with Crippen molar-refractivity contribution < 1.29 is 9.90 Å². The fraction of sp³-hybridized carbons (Fsp3) is 0.632. The van der Waals surface area contributed by atoms with Crippen LogP contribution in [-0.4, -0.2) is 53.0 Å². The summed E-state index contributed by atoms with van der Waals surface area (Å²) in [6.45, 7) is 7.78. The van der Waals surface area contributed by atoms with Gasteiger partial charge in [0.05, 0.1) is 6.10 Å². The fourth-order valence-electron chi connectivity index (χ4n) is 3.34. The Morgan fingerprint density at radius 3 is 2.39 bits per heavy atom. The van der Waals surface area contributed by atoms with Gasteiger partial charge in [0.15, 0.2) is 0 Å². The monoisotopic (exact) mass is 316 g/mol. The number of amides is 1. The van der Waals surface area contributed by atoms with E-state index in [0.29, 0.717) is 0 Å². The number of carbonyl (C=O) groups is 1. The van der Waals surface area contributed by atoms with Crippen molar-refractivity contribution in [2.45, 2.75) is 45.3 Å². The summed E-state index contributed by atoms with van der Waals surface area (Å²) in [5.41, 5.74) is 1.61. The molecule has 1 unspecified atom stereocenters. The first-order chi connectivity index (χ1) is 11.1. The van der Waals surface area contributed by atoms with Crippen molar-refractivity contribution in [2.75, 3.05) is 26.2 Å². The topological polar surface area (TPSA) is 43.8 Å². The first kappa shape index (κ1) is 16.5. The Morgan fingerprint density at radius 2 is 1.78 bits per heavy atom. The number of carbonyl (C=O) groups excluding carboxylic acids is 1. The minimum Gasteiger partial charge on any atom is -0.388 e. The molecule has 1 N–H and O–H groups in total. The second-order valence-corrected chi connectivity index (χ2v) is 7.22. The molecule has 3 rings (SSSR count). The lowest BCUT2D eigenvalue weighted by atomic mass is 9.98. The predicted molar refractivity (Wildman–Crippen MR) is 91.4 cm³/mol. The Labute approximate surface area is 139 Å². The van der Waals surface area contributed by atoms with Gasteiger partial charge in [0.1, 0.15) is 0 Å². The molecule has 1 aromatic rings. The molecule has 2 aliphatic rings. The van der Waals surface area contributed by atoms with E-state index in [-0.39, 0.29) is 11.8 Å². The lowest BCUT2D eigenvalue weighted by Gasteiger charge is -2.22. The summed E-state index contributed by atoms with van der Waals surface area (Å²) >= 11 is 0. The van der Waals surface area contributed by atoms with E-state index < -0.39 is 6.10 Å². The van der Waals surface area contributed by atoms with Crippen molar-refractivity contribution in [3.8, 4) is 0 Å². The Balaban J connectivity index is 1.63. The van der Waals surface area contributed by atoms with Gasteiger partial charge < -0.3 is 10.0 Å². The van der Waals surface area contributed by atoms with Crippen LogP contribution in [0.4, 0.5) is 0 Å². The molecule has 4 heteroatoms. The lowest BCUT2D eigenvalue weighted by molar-refractivity contribution is 0.0760. The third-order valence-corrected chi connectivity index (χ3v) is 5.01. The standard InChI is InChI=1S/C19H28N2O2/c1-14(2)18(22)15-4-6-16(7-5-15)19(23)21-11-3-10-20(12-13-21)17-8-9-17/h4-7,14,17-18,22H,3,8-13H2,1-2H3. The van der Waals surface area contributed by atoms with Crippen LogP contribution in [0.1, 0.15) is 55.1 Å². The number of aliphatic hydroxyl groups excluding tert-OH is 1. The molecule has 1 saturated carbocycles. The van der Waals surface area contributed by atoms with Crippen molar-refractivity contribution in [1.29, 1.82) is 0 Å². The largest absolute Gasteiger partial charge is 0.388 e. The zero-order valence-corrected chi connectivity index (χ0v) is 14.2. The van der Waals surface area contributed by atoms with Gasteiger partial charge in [0.2, 0.25) is 0 Å². The maximum atomic E-state index is 12.7. The molecular formula is C19H28N2O2. The SMILES string of the molecule is CC(C)C(O)c1ccc(C(=O)N2CCCN(C3CC3)CC2)cc1. The second kappa shape index (κ2) is 7.02. The van der Waals surface area contributed by atoms with Crippen molar-refractivity contribution >= 4 is 5.91 Å². The minimum absolute atomic E-state index is 0.119. The molecule has 1 aliphatic heterocycles. The van der Waals surface area contributed by atoms with E-state index in [9.17, 15) is 9.90 Å². The first-order valence-corrected chi connectivity index (χ1v) is 8.87. The normalized spacial score (nSPS) is 21.3.